The summed E-state index contributed by atoms with van der Waals surface area (Å²) in [6.45, 7) is 5.60. The van der Waals surface area contributed by atoms with Gasteiger partial charge in [-0.1, -0.05) is 26.0 Å². The molecule has 1 aromatic carbocycles. The van der Waals surface area contributed by atoms with E-state index in [1.54, 1.807) is 18.3 Å². The fraction of sp³-hybridized carbons (Fsp3) is 0.346. The van der Waals surface area contributed by atoms with E-state index in [1.807, 2.05) is 6.07 Å². The Morgan fingerprint density at radius 1 is 1.14 bits per heavy atom. The summed E-state index contributed by atoms with van der Waals surface area (Å²) in [5.74, 6) is -0.0623. The van der Waals surface area contributed by atoms with Gasteiger partial charge in [0.25, 0.3) is 5.91 Å². The van der Waals surface area contributed by atoms with Crippen molar-refractivity contribution in [3.63, 3.8) is 0 Å². The second kappa shape index (κ2) is 10.0. The van der Waals surface area contributed by atoms with Crippen molar-refractivity contribution in [1.82, 2.24) is 20.2 Å². The topological polar surface area (TPSA) is 78.3 Å². The number of carbonyl (C=O) groups excluding carboxylic acids is 1. The second-order valence-corrected chi connectivity index (χ2v) is 9.09. The van der Waals surface area contributed by atoms with E-state index in [0.717, 1.165) is 34.5 Å². The molecule has 1 aliphatic heterocycles. The number of halogens is 3. The number of fused-ring (bicyclic) bond motifs is 1. The van der Waals surface area contributed by atoms with Crippen molar-refractivity contribution >= 4 is 5.91 Å². The van der Waals surface area contributed by atoms with Gasteiger partial charge in [-0.3, -0.25) is 14.7 Å². The Morgan fingerprint density at radius 2 is 1.89 bits per heavy atom. The zero-order valence-corrected chi connectivity index (χ0v) is 19.5. The monoisotopic (exact) mass is 484 g/mol. The van der Waals surface area contributed by atoms with Gasteiger partial charge in [0, 0.05) is 38.1 Å². The van der Waals surface area contributed by atoms with Gasteiger partial charge in [0.2, 0.25) is 5.88 Å². The highest BCUT2D eigenvalue weighted by Crippen LogP contribution is 2.39. The number of aromatic hydroxyl groups is 1. The van der Waals surface area contributed by atoms with Gasteiger partial charge < -0.3 is 10.4 Å². The Hall–Kier alpha value is -3.46. The van der Waals surface area contributed by atoms with Crippen molar-refractivity contribution in [2.24, 2.45) is 5.92 Å². The quantitative estimate of drug-likeness (QED) is 0.500. The molecule has 9 heteroatoms. The number of hydrogen-bond acceptors (Lipinski definition) is 5. The number of hydrogen-bond donors (Lipinski definition) is 2. The zero-order chi connectivity index (χ0) is 25.2. The molecule has 1 amide bonds. The van der Waals surface area contributed by atoms with Crippen LogP contribution in [0.4, 0.5) is 13.2 Å². The number of alkyl halides is 3. The third-order valence-electron chi connectivity index (χ3n) is 6.12. The van der Waals surface area contributed by atoms with Gasteiger partial charge in [-0.05, 0) is 53.3 Å². The summed E-state index contributed by atoms with van der Waals surface area (Å²) >= 11 is 0. The number of benzene rings is 1. The molecule has 0 fully saturated rings. The summed E-state index contributed by atoms with van der Waals surface area (Å²) in [6.07, 6.45) is -0.720. The van der Waals surface area contributed by atoms with Gasteiger partial charge in [-0.25, -0.2) is 4.98 Å². The molecule has 0 spiro atoms. The van der Waals surface area contributed by atoms with E-state index in [2.05, 4.69) is 34.0 Å². The van der Waals surface area contributed by atoms with Crippen molar-refractivity contribution in [3.05, 3.63) is 88.4 Å². The highest BCUT2D eigenvalue weighted by Gasteiger charge is 2.35. The minimum Gasteiger partial charge on any atom is -0.493 e. The largest absolute Gasteiger partial charge is 0.493 e. The van der Waals surface area contributed by atoms with Crippen LogP contribution in [0.15, 0.2) is 54.9 Å². The molecule has 0 aliphatic carbocycles. The van der Waals surface area contributed by atoms with Crippen molar-refractivity contribution in [2.45, 2.75) is 45.6 Å². The van der Waals surface area contributed by atoms with Crippen LogP contribution >= 0.6 is 0 Å². The molecule has 35 heavy (non-hydrogen) atoms. The summed E-state index contributed by atoms with van der Waals surface area (Å²) in [5.41, 5.74) is 3.29. The maximum Gasteiger partial charge on any atom is 0.416 e. The first kappa shape index (κ1) is 24.7. The maximum absolute atomic E-state index is 12.9. The summed E-state index contributed by atoms with van der Waals surface area (Å²) in [5, 5.41) is 12.3. The first-order valence-electron chi connectivity index (χ1n) is 11.4. The highest BCUT2D eigenvalue weighted by molar-refractivity contribution is 5.94. The number of rotatable bonds is 7. The Morgan fingerprint density at radius 3 is 2.54 bits per heavy atom. The van der Waals surface area contributed by atoms with Crippen LogP contribution in [0, 0.1) is 5.92 Å². The fourth-order valence-corrected chi connectivity index (χ4v) is 4.49. The standard InChI is InChI=1S/C26H27F3N4O2/c1-16(2)24-23-20(15-33(24)14-18-3-5-21(6-4-18)26(27,28)29)12-19(13-32-23)25(35)31-10-8-17-7-9-30-22(34)11-17/h3-7,9,11-13,16,24H,8,10,14-15H2,1-2H3,(H,30,34)(H,31,35)/t24-/m0/s1. The normalized spacial score (nSPS) is 15.9. The van der Waals surface area contributed by atoms with E-state index >= 15 is 0 Å². The molecule has 1 aliphatic rings. The Labute approximate surface area is 201 Å². The molecule has 2 N–H and O–H groups in total. The average Bonchev–Trinajstić information content (AvgIpc) is 3.16. The predicted molar refractivity (Wildman–Crippen MR) is 124 cm³/mol. The SMILES string of the molecule is CC(C)[C@H]1c2ncc(C(=O)NCCc3ccnc(O)c3)cc2CN1Cc1ccc(C(F)(F)F)cc1. The van der Waals surface area contributed by atoms with E-state index in [0.29, 0.717) is 31.6 Å². The lowest BCUT2D eigenvalue weighted by Gasteiger charge is -2.27. The lowest BCUT2D eigenvalue weighted by atomic mass is 9.99. The maximum atomic E-state index is 12.9. The molecular formula is C26H27F3N4O2. The number of amides is 1. The van der Waals surface area contributed by atoms with Crippen LogP contribution in [0.5, 0.6) is 5.88 Å². The summed E-state index contributed by atoms with van der Waals surface area (Å²) in [7, 11) is 0. The van der Waals surface area contributed by atoms with Crippen molar-refractivity contribution in [2.75, 3.05) is 6.54 Å². The van der Waals surface area contributed by atoms with E-state index in [4.69, 9.17) is 0 Å². The molecule has 3 aromatic rings. The second-order valence-electron chi connectivity index (χ2n) is 9.09. The number of nitrogens with zero attached hydrogens (tertiary/aromatic N) is 3. The highest BCUT2D eigenvalue weighted by atomic mass is 19.4. The average molecular weight is 485 g/mol. The van der Waals surface area contributed by atoms with Crippen LogP contribution in [-0.2, 0) is 25.7 Å². The zero-order valence-electron chi connectivity index (χ0n) is 19.5. The van der Waals surface area contributed by atoms with Crippen LogP contribution in [-0.4, -0.2) is 32.4 Å². The Bertz CT molecular complexity index is 1200. The lowest BCUT2D eigenvalue weighted by Crippen LogP contribution is -2.26. The molecule has 2 aromatic heterocycles. The summed E-state index contributed by atoms with van der Waals surface area (Å²) in [6, 6.07) is 10.4. The first-order valence-corrected chi connectivity index (χ1v) is 11.4. The number of carbonyl (C=O) groups is 1. The molecule has 184 valence electrons. The number of nitrogens with one attached hydrogen (secondary N) is 1. The number of pyridine rings is 2. The van der Waals surface area contributed by atoms with Crippen LogP contribution in [0.25, 0.3) is 0 Å². The van der Waals surface area contributed by atoms with E-state index in [9.17, 15) is 23.1 Å². The smallest absolute Gasteiger partial charge is 0.416 e. The van der Waals surface area contributed by atoms with Crippen LogP contribution < -0.4 is 5.32 Å². The van der Waals surface area contributed by atoms with E-state index in [1.165, 1.54) is 18.3 Å². The molecule has 1 atom stereocenters. The molecule has 0 bridgehead atoms. The van der Waals surface area contributed by atoms with Gasteiger partial charge in [0.15, 0.2) is 0 Å². The van der Waals surface area contributed by atoms with Crippen molar-refractivity contribution in [3.8, 4) is 5.88 Å². The van der Waals surface area contributed by atoms with E-state index < -0.39 is 11.7 Å². The van der Waals surface area contributed by atoms with E-state index in [-0.39, 0.29) is 23.7 Å². The molecule has 3 heterocycles. The van der Waals surface area contributed by atoms with Gasteiger partial charge in [0.05, 0.1) is 22.9 Å². The van der Waals surface area contributed by atoms with Crippen LogP contribution in [0.2, 0.25) is 0 Å². The predicted octanol–water partition coefficient (Wildman–Crippen LogP) is 4.89. The van der Waals surface area contributed by atoms with Crippen LogP contribution in [0.3, 0.4) is 0 Å². The number of aromatic nitrogens is 2. The summed E-state index contributed by atoms with van der Waals surface area (Å²) in [4.78, 5) is 23.2. The molecule has 0 saturated carbocycles. The van der Waals surface area contributed by atoms with Gasteiger partial charge in [0.1, 0.15) is 0 Å². The van der Waals surface area contributed by atoms with Gasteiger partial charge in [-0.15, -0.1) is 0 Å². The molecule has 0 saturated heterocycles. The molecule has 0 unspecified atom stereocenters. The van der Waals surface area contributed by atoms with Crippen molar-refractivity contribution < 1.29 is 23.1 Å². The third kappa shape index (κ3) is 5.79. The minimum atomic E-state index is -4.36. The molecular weight excluding hydrogens is 457 g/mol. The first-order chi connectivity index (χ1) is 16.6. The van der Waals surface area contributed by atoms with Gasteiger partial charge in [-0.2, -0.15) is 13.2 Å². The lowest BCUT2D eigenvalue weighted by molar-refractivity contribution is -0.137. The fourth-order valence-electron chi connectivity index (χ4n) is 4.49. The van der Waals surface area contributed by atoms with Crippen molar-refractivity contribution in [1.29, 1.82) is 0 Å². The minimum absolute atomic E-state index is 0.00349. The third-order valence-corrected chi connectivity index (χ3v) is 6.12. The van der Waals surface area contributed by atoms with Gasteiger partial charge >= 0.3 is 6.18 Å². The molecule has 6 nitrogen and oxygen atoms in total. The Balaban J connectivity index is 1.43. The van der Waals surface area contributed by atoms with Crippen LogP contribution in [0.1, 0.15) is 58.2 Å². The summed E-state index contributed by atoms with van der Waals surface area (Å²) < 4.78 is 38.7. The molecule has 4 rings (SSSR count). The molecule has 0 radical (unpaired) electrons. The Kier molecular flexibility index (Phi) is 7.07.